The molecule has 2 N–H and O–H groups in total. The summed E-state index contributed by atoms with van der Waals surface area (Å²) in [5, 5.41) is 0.657. The lowest BCUT2D eigenvalue weighted by molar-refractivity contribution is 0.624. The molecule has 0 aliphatic carbocycles. The Morgan fingerprint density at radius 1 is 1.30 bits per heavy atom. The minimum absolute atomic E-state index is 0.253. The molecule has 3 rings (SSSR count). The van der Waals surface area contributed by atoms with Crippen LogP contribution in [0.5, 0.6) is 0 Å². The predicted octanol–water partition coefficient (Wildman–Crippen LogP) is 3.49. The van der Waals surface area contributed by atoms with Gasteiger partial charge in [-0.15, -0.1) is 0 Å². The Hall–Kier alpha value is -2.15. The van der Waals surface area contributed by atoms with Crippen LogP contribution in [0.3, 0.4) is 0 Å². The number of anilines is 1. The van der Waals surface area contributed by atoms with Crippen LogP contribution in [-0.4, -0.2) is 25.3 Å². The van der Waals surface area contributed by atoms with E-state index in [-0.39, 0.29) is 5.82 Å². The van der Waals surface area contributed by atoms with Gasteiger partial charge in [0.1, 0.15) is 11.3 Å². The van der Waals surface area contributed by atoms with Crippen molar-refractivity contribution < 1.29 is 4.39 Å². The largest absolute Gasteiger partial charge is 0.382 e. The van der Waals surface area contributed by atoms with Crippen LogP contribution >= 0.6 is 11.8 Å². The molecule has 0 saturated carbocycles. The molecule has 0 aliphatic heterocycles. The molecule has 2 heterocycles. The second-order valence-electron chi connectivity index (χ2n) is 5.27. The van der Waals surface area contributed by atoms with Crippen molar-refractivity contribution in [1.29, 1.82) is 0 Å². The van der Waals surface area contributed by atoms with Crippen LogP contribution < -0.4 is 5.73 Å². The molecule has 1 aromatic carbocycles. The number of benzene rings is 1. The maximum absolute atomic E-state index is 13.3. The lowest BCUT2D eigenvalue weighted by atomic mass is 10.2. The lowest BCUT2D eigenvalue weighted by Gasteiger charge is -2.06. The third-order valence-corrected chi connectivity index (χ3v) is 4.37. The van der Waals surface area contributed by atoms with Gasteiger partial charge < -0.3 is 10.3 Å². The molecule has 0 radical (unpaired) electrons. The Bertz CT molecular complexity index is 817. The van der Waals surface area contributed by atoms with E-state index >= 15 is 0 Å². The molecule has 23 heavy (non-hydrogen) atoms. The van der Waals surface area contributed by atoms with Crippen LogP contribution in [0.2, 0.25) is 0 Å². The summed E-state index contributed by atoms with van der Waals surface area (Å²) in [6.45, 7) is 2.64. The van der Waals surface area contributed by atoms with E-state index in [1.807, 2.05) is 10.6 Å². The highest BCUT2D eigenvalue weighted by Gasteiger charge is 2.12. The number of aromatic nitrogens is 4. The summed E-state index contributed by atoms with van der Waals surface area (Å²) in [7, 11) is 0. The number of halogens is 1. The third kappa shape index (κ3) is 3.61. The number of nitrogen functional groups attached to an aromatic ring is 1. The van der Waals surface area contributed by atoms with E-state index in [9.17, 15) is 4.39 Å². The zero-order valence-corrected chi connectivity index (χ0v) is 13.7. The standard InChI is InChI=1S/C16H18FN5S/c1-2-3-7-23-16-20-14(18)13-15(21-16)22(10-19-13)9-11-5-4-6-12(17)8-11/h4-6,8,10H,2-3,7,9H2,1H3,(H2,18,20,21). The second-order valence-corrected chi connectivity index (χ2v) is 6.33. The normalized spacial score (nSPS) is 11.2. The number of imidazole rings is 1. The van der Waals surface area contributed by atoms with Gasteiger partial charge in [-0.25, -0.2) is 19.3 Å². The second kappa shape index (κ2) is 6.95. The van der Waals surface area contributed by atoms with E-state index in [1.165, 1.54) is 12.1 Å². The van der Waals surface area contributed by atoms with Gasteiger partial charge in [0, 0.05) is 5.75 Å². The van der Waals surface area contributed by atoms with Gasteiger partial charge >= 0.3 is 0 Å². The first-order chi connectivity index (χ1) is 11.2. The zero-order chi connectivity index (χ0) is 16.2. The van der Waals surface area contributed by atoms with Gasteiger partial charge in [-0.3, -0.25) is 0 Å². The summed E-state index contributed by atoms with van der Waals surface area (Å²) in [6, 6.07) is 6.50. The fourth-order valence-electron chi connectivity index (χ4n) is 2.27. The van der Waals surface area contributed by atoms with E-state index in [0.717, 1.165) is 24.2 Å². The van der Waals surface area contributed by atoms with Gasteiger partial charge in [-0.2, -0.15) is 0 Å². The molecule has 3 aromatic rings. The molecule has 0 atom stereocenters. The smallest absolute Gasteiger partial charge is 0.191 e. The van der Waals surface area contributed by atoms with Crippen molar-refractivity contribution in [3.05, 3.63) is 42.0 Å². The molecule has 2 aromatic heterocycles. The first-order valence-corrected chi connectivity index (χ1v) is 8.51. The van der Waals surface area contributed by atoms with Gasteiger partial charge in [0.2, 0.25) is 0 Å². The number of nitrogens with two attached hydrogens (primary N) is 1. The molecular formula is C16H18FN5S. The summed E-state index contributed by atoms with van der Waals surface area (Å²) in [4.78, 5) is 13.2. The number of rotatable bonds is 6. The number of nitrogens with zero attached hydrogens (tertiary/aromatic N) is 4. The number of hydrogen-bond acceptors (Lipinski definition) is 5. The van der Waals surface area contributed by atoms with Crippen molar-refractivity contribution in [2.24, 2.45) is 0 Å². The molecule has 7 heteroatoms. The van der Waals surface area contributed by atoms with Crippen LogP contribution in [0.4, 0.5) is 10.2 Å². The fourth-order valence-corrected chi connectivity index (χ4v) is 3.19. The average Bonchev–Trinajstić information content (AvgIpc) is 2.91. The summed E-state index contributed by atoms with van der Waals surface area (Å²) in [5.41, 5.74) is 8.11. The van der Waals surface area contributed by atoms with Gasteiger partial charge in [0.05, 0.1) is 12.9 Å². The van der Waals surface area contributed by atoms with E-state index < -0.39 is 0 Å². The van der Waals surface area contributed by atoms with Crippen molar-refractivity contribution in [3.8, 4) is 0 Å². The highest BCUT2D eigenvalue weighted by atomic mass is 32.2. The molecule has 0 saturated heterocycles. The van der Waals surface area contributed by atoms with E-state index in [1.54, 1.807) is 24.2 Å². The van der Waals surface area contributed by atoms with Crippen molar-refractivity contribution >= 4 is 28.7 Å². The van der Waals surface area contributed by atoms with Crippen LogP contribution in [-0.2, 0) is 6.54 Å². The Balaban J connectivity index is 1.91. The first-order valence-electron chi connectivity index (χ1n) is 7.53. The maximum Gasteiger partial charge on any atom is 0.191 e. The van der Waals surface area contributed by atoms with Crippen molar-refractivity contribution in [3.63, 3.8) is 0 Å². The number of thioether (sulfide) groups is 1. The molecule has 0 unspecified atom stereocenters. The lowest BCUT2D eigenvalue weighted by Crippen LogP contribution is -2.03. The summed E-state index contributed by atoms with van der Waals surface area (Å²) >= 11 is 1.59. The van der Waals surface area contributed by atoms with Crippen molar-refractivity contribution in [1.82, 2.24) is 19.5 Å². The molecule has 0 amide bonds. The van der Waals surface area contributed by atoms with Gasteiger partial charge in [0.25, 0.3) is 0 Å². The summed E-state index contributed by atoms with van der Waals surface area (Å²) in [6.07, 6.45) is 3.90. The summed E-state index contributed by atoms with van der Waals surface area (Å²) < 4.78 is 15.2. The highest BCUT2D eigenvalue weighted by Crippen LogP contribution is 2.23. The van der Waals surface area contributed by atoms with Crippen LogP contribution in [0.25, 0.3) is 11.2 Å². The Morgan fingerprint density at radius 3 is 2.96 bits per heavy atom. The number of fused-ring (bicyclic) bond motifs is 1. The predicted molar refractivity (Wildman–Crippen MR) is 90.9 cm³/mol. The molecule has 0 fully saturated rings. The van der Waals surface area contributed by atoms with E-state index in [0.29, 0.717) is 28.7 Å². The van der Waals surface area contributed by atoms with E-state index in [4.69, 9.17) is 5.73 Å². The maximum atomic E-state index is 13.3. The number of hydrogen-bond donors (Lipinski definition) is 1. The quantitative estimate of drug-likeness (QED) is 0.425. The van der Waals surface area contributed by atoms with Gasteiger partial charge in [-0.05, 0) is 24.1 Å². The van der Waals surface area contributed by atoms with Crippen LogP contribution in [0, 0.1) is 5.82 Å². The van der Waals surface area contributed by atoms with Crippen molar-refractivity contribution in [2.75, 3.05) is 11.5 Å². The molecule has 120 valence electrons. The summed E-state index contributed by atoms with van der Waals surface area (Å²) in [5.74, 6) is 1.09. The monoisotopic (exact) mass is 331 g/mol. The molecule has 0 aliphatic rings. The molecule has 0 spiro atoms. The minimum Gasteiger partial charge on any atom is -0.382 e. The van der Waals surface area contributed by atoms with Crippen molar-refractivity contribution in [2.45, 2.75) is 31.5 Å². The van der Waals surface area contributed by atoms with Gasteiger partial charge in [-0.1, -0.05) is 37.2 Å². The van der Waals surface area contributed by atoms with Crippen LogP contribution in [0.15, 0.2) is 35.7 Å². The number of unbranched alkanes of at least 4 members (excludes halogenated alkanes) is 1. The SMILES string of the molecule is CCCCSc1nc(N)c2ncn(Cc3cccc(F)c3)c2n1. The minimum atomic E-state index is -0.253. The Labute approximate surface area is 138 Å². The highest BCUT2D eigenvalue weighted by molar-refractivity contribution is 7.99. The molecule has 5 nitrogen and oxygen atoms in total. The van der Waals surface area contributed by atoms with E-state index in [2.05, 4.69) is 21.9 Å². The Morgan fingerprint density at radius 2 is 2.17 bits per heavy atom. The topological polar surface area (TPSA) is 69.6 Å². The zero-order valence-electron chi connectivity index (χ0n) is 12.9. The molecule has 0 bridgehead atoms. The van der Waals surface area contributed by atoms with Crippen LogP contribution in [0.1, 0.15) is 25.3 Å². The fraction of sp³-hybridized carbons (Fsp3) is 0.312. The average molecular weight is 331 g/mol. The molecular weight excluding hydrogens is 313 g/mol. The van der Waals surface area contributed by atoms with Gasteiger partial charge in [0.15, 0.2) is 16.6 Å². The Kier molecular flexibility index (Phi) is 4.76. The third-order valence-electron chi connectivity index (χ3n) is 3.44. The first kappa shape index (κ1) is 15.7.